The predicted molar refractivity (Wildman–Crippen MR) is 71.0 cm³/mol. The Bertz CT molecular complexity index is 423. The van der Waals surface area contributed by atoms with Gasteiger partial charge in [0.15, 0.2) is 0 Å². The van der Waals surface area contributed by atoms with Gasteiger partial charge in [0.2, 0.25) is 5.91 Å². The van der Waals surface area contributed by atoms with Crippen LogP contribution in [0.15, 0.2) is 12.1 Å². The number of nitrogens with two attached hydrogens (primary N) is 1. The number of hydrogen-bond donors (Lipinski definition) is 2. The molecular weight excluding hydrogens is 244 g/mol. The van der Waals surface area contributed by atoms with Crippen molar-refractivity contribution in [3.05, 3.63) is 28.3 Å². The van der Waals surface area contributed by atoms with Crippen molar-refractivity contribution in [2.24, 2.45) is 5.73 Å². The molecule has 0 aliphatic carbocycles. The van der Waals surface area contributed by atoms with Gasteiger partial charge in [-0.2, -0.15) is 0 Å². The molecule has 3 nitrogen and oxygen atoms in total. The molecule has 0 aliphatic rings. The van der Waals surface area contributed by atoms with Crippen molar-refractivity contribution < 1.29 is 4.79 Å². The van der Waals surface area contributed by atoms with E-state index in [1.54, 1.807) is 6.07 Å². The molecule has 5 heteroatoms. The van der Waals surface area contributed by atoms with E-state index in [0.717, 1.165) is 11.1 Å². The van der Waals surface area contributed by atoms with Crippen LogP contribution in [0.4, 0.5) is 5.69 Å². The highest BCUT2D eigenvalue weighted by Gasteiger charge is 2.09. The molecule has 1 rings (SSSR count). The van der Waals surface area contributed by atoms with Gasteiger partial charge in [-0.25, -0.2) is 0 Å². The van der Waals surface area contributed by atoms with Crippen LogP contribution in [0.3, 0.4) is 0 Å². The summed E-state index contributed by atoms with van der Waals surface area (Å²) in [5.41, 5.74) is 7.87. The monoisotopic (exact) mass is 256 g/mol. The van der Waals surface area contributed by atoms with Gasteiger partial charge in [0.05, 0.1) is 22.1 Å². The average molecular weight is 257 g/mol. The van der Waals surface area contributed by atoms with Gasteiger partial charge in [-0.15, -0.1) is 0 Å². The number of aryl methyl sites for hydroxylation is 2. The van der Waals surface area contributed by atoms with E-state index >= 15 is 0 Å². The molecule has 0 aromatic heterocycles. The fourth-order valence-corrected chi connectivity index (χ4v) is 1.92. The van der Waals surface area contributed by atoms with Gasteiger partial charge in [0, 0.05) is 0 Å². The molecule has 16 heavy (non-hydrogen) atoms. The quantitative estimate of drug-likeness (QED) is 0.818. The highest BCUT2D eigenvalue weighted by Crippen LogP contribution is 2.27. The Labute approximate surface area is 105 Å². The normalized spacial score (nSPS) is 9.94. The third-order valence-electron chi connectivity index (χ3n) is 2.03. The van der Waals surface area contributed by atoms with Gasteiger partial charge < -0.3 is 11.1 Å². The van der Waals surface area contributed by atoms with Crippen molar-refractivity contribution in [3.63, 3.8) is 0 Å². The summed E-state index contributed by atoms with van der Waals surface area (Å²) in [6, 6.07) is 3.74. The van der Waals surface area contributed by atoms with Crippen molar-refractivity contribution in [3.8, 4) is 0 Å². The highest BCUT2D eigenvalue weighted by atomic mass is 35.5. The molecule has 0 bridgehead atoms. The summed E-state index contributed by atoms with van der Waals surface area (Å²) in [5, 5.41) is 3.22. The molecule has 0 fully saturated rings. The number of nitrogens with one attached hydrogen (secondary N) is 1. The van der Waals surface area contributed by atoms with Gasteiger partial charge in [-0.3, -0.25) is 4.79 Å². The lowest BCUT2D eigenvalue weighted by atomic mass is 10.1. The van der Waals surface area contributed by atoms with E-state index in [9.17, 15) is 4.79 Å². The Morgan fingerprint density at radius 1 is 1.50 bits per heavy atom. The summed E-state index contributed by atoms with van der Waals surface area (Å²) in [5.74, 6) is -0.249. The second kappa shape index (κ2) is 5.27. The van der Waals surface area contributed by atoms with Crippen molar-refractivity contribution >= 4 is 40.4 Å². The molecule has 0 saturated heterocycles. The zero-order valence-corrected chi connectivity index (χ0v) is 10.7. The minimum atomic E-state index is -0.249. The first-order valence-electron chi connectivity index (χ1n) is 4.75. The smallest absolute Gasteiger partial charge is 0.231 e. The number of thiocarbonyl (C=S) groups is 1. The molecule has 0 saturated carbocycles. The fraction of sp³-hybridized carbons (Fsp3) is 0.273. The lowest BCUT2D eigenvalue weighted by Crippen LogP contribution is -2.20. The van der Waals surface area contributed by atoms with E-state index in [4.69, 9.17) is 17.3 Å². The first-order chi connectivity index (χ1) is 7.40. The topological polar surface area (TPSA) is 55.1 Å². The largest absolute Gasteiger partial charge is 0.393 e. The Balaban J connectivity index is 2.89. The highest BCUT2D eigenvalue weighted by molar-refractivity contribution is 7.80. The molecule has 0 radical (unpaired) electrons. The number of anilines is 1. The maximum Gasteiger partial charge on any atom is 0.231 e. The van der Waals surface area contributed by atoms with Crippen molar-refractivity contribution in [2.45, 2.75) is 20.3 Å². The van der Waals surface area contributed by atoms with Crippen molar-refractivity contribution in [1.29, 1.82) is 0 Å². The van der Waals surface area contributed by atoms with E-state index in [1.165, 1.54) is 0 Å². The predicted octanol–water partition coefficient (Wildman–Crippen LogP) is 2.57. The number of amides is 1. The van der Waals surface area contributed by atoms with Gasteiger partial charge >= 0.3 is 0 Å². The Kier molecular flexibility index (Phi) is 4.26. The molecule has 1 amide bonds. The van der Waals surface area contributed by atoms with Gasteiger partial charge in [0.25, 0.3) is 0 Å². The van der Waals surface area contributed by atoms with E-state index in [2.05, 4.69) is 17.5 Å². The van der Waals surface area contributed by atoms with Gasteiger partial charge in [0.1, 0.15) is 0 Å². The van der Waals surface area contributed by atoms with E-state index in [-0.39, 0.29) is 17.3 Å². The van der Waals surface area contributed by atoms with Crippen LogP contribution in [0.5, 0.6) is 0 Å². The number of carbonyl (C=O) groups is 1. The molecule has 0 aliphatic heterocycles. The van der Waals surface area contributed by atoms with Gasteiger partial charge in [-0.1, -0.05) is 29.9 Å². The van der Waals surface area contributed by atoms with Crippen molar-refractivity contribution in [1.82, 2.24) is 0 Å². The first kappa shape index (κ1) is 12.9. The standard InChI is InChI=1S/C11H13ClN2OS/c1-6-3-7(2)11(8(12)4-6)14-10(15)5-9(13)16/h3-4H,5H2,1-2H3,(H2,13,16)(H,14,15). The van der Waals surface area contributed by atoms with Crippen LogP contribution in [0.2, 0.25) is 5.02 Å². The Hall–Kier alpha value is -1.13. The maximum atomic E-state index is 11.5. The Morgan fingerprint density at radius 3 is 2.62 bits per heavy atom. The van der Waals surface area contributed by atoms with Crippen molar-refractivity contribution in [2.75, 3.05) is 5.32 Å². The molecule has 0 heterocycles. The minimum Gasteiger partial charge on any atom is -0.393 e. The maximum absolute atomic E-state index is 11.5. The average Bonchev–Trinajstić information content (AvgIpc) is 2.09. The fourth-order valence-electron chi connectivity index (χ4n) is 1.42. The third kappa shape index (κ3) is 3.47. The molecule has 1 aromatic rings. The summed E-state index contributed by atoms with van der Waals surface area (Å²) in [4.78, 5) is 11.6. The molecule has 1 aromatic carbocycles. The summed E-state index contributed by atoms with van der Waals surface area (Å²) in [7, 11) is 0. The number of rotatable bonds is 3. The molecule has 0 unspecified atom stereocenters. The van der Waals surface area contributed by atoms with Crippen LogP contribution in [0, 0.1) is 13.8 Å². The first-order valence-corrected chi connectivity index (χ1v) is 5.53. The van der Waals surface area contributed by atoms with Crippen LogP contribution in [-0.4, -0.2) is 10.9 Å². The summed E-state index contributed by atoms with van der Waals surface area (Å²) < 4.78 is 0. The number of benzene rings is 1. The van der Waals surface area contributed by atoms with E-state index in [1.807, 2.05) is 19.9 Å². The molecule has 0 spiro atoms. The Morgan fingerprint density at radius 2 is 2.12 bits per heavy atom. The lowest BCUT2D eigenvalue weighted by Gasteiger charge is -2.11. The summed E-state index contributed by atoms with van der Waals surface area (Å²) in [6.45, 7) is 3.83. The zero-order chi connectivity index (χ0) is 12.3. The molecule has 3 N–H and O–H groups in total. The third-order valence-corrected chi connectivity index (χ3v) is 2.47. The van der Waals surface area contributed by atoms with E-state index in [0.29, 0.717) is 10.7 Å². The van der Waals surface area contributed by atoms with Crippen LogP contribution in [0.1, 0.15) is 17.5 Å². The molecule has 86 valence electrons. The number of carbonyl (C=O) groups excluding carboxylic acids is 1. The molecular formula is C11H13ClN2OS. The van der Waals surface area contributed by atoms with Crippen LogP contribution in [0.25, 0.3) is 0 Å². The van der Waals surface area contributed by atoms with Crippen LogP contribution >= 0.6 is 23.8 Å². The second-order valence-electron chi connectivity index (χ2n) is 3.63. The van der Waals surface area contributed by atoms with Gasteiger partial charge in [-0.05, 0) is 31.0 Å². The minimum absolute atomic E-state index is 0.0268. The summed E-state index contributed by atoms with van der Waals surface area (Å²) >= 11 is 10.7. The second-order valence-corrected chi connectivity index (χ2v) is 4.56. The van der Waals surface area contributed by atoms with Crippen LogP contribution < -0.4 is 11.1 Å². The summed E-state index contributed by atoms with van der Waals surface area (Å²) in [6.07, 6.45) is 0.0268. The number of hydrogen-bond acceptors (Lipinski definition) is 2. The lowest BCUT2D eigenvalue weighted by molar-refractivity contribution is -0.115. The SMILES string of the molecule is Cc1cc(C)c(NC(=O)CC(N)=S)c(Cl)c1. The number of halogens is 1. The van der Waals surface area contributed by atoms with Crippen LogP contribution in [-0.2, 0) is 4.79 Å². The molecule has 0 atom stereocenters. The zero-order valence-electron chi connectivity index (χ0n) is 9.13. The van der Waals surface area contributed by atoms with E-state index < -0.39 is 0 Å².